The van der Waals surface area contributed by atoms with E-state index >= 15 is 0 Å². The normalized spacial score (nSPS) is 12.7. The third-order valence-electron chi connectivity index (χ3n) is 15.0. The van der Waals surface area contributed by atoms with Gasteiger partial charge in [0, 0.05) is 12.8 Å². The number of aliphatic hydroxyl groups is 2. The van der Waals surface area contributed by atoms with Crippen molar-refractivity contribution in [2.75, 3.05) is 13.2 Å². The molecule has 0 bridgehead atoms. The summed E-state index contributed by atoms with van der Waals surface area (Å²) in [6, 6.07) is -0.545. The Bertz CT molecular complexity index is 1110. The molecule has 0 aromatic carbocycles. The van der Waals surface area contributed by atoms with Crippen molar-refractivity contribution in [2.24, 2.45) is 0 Å². The maximum atomic E-state index is 12.5. The SMILES string of the molecule is CCCCCCCCCCCCCCCCCCCC(=O)OCCCCCCCCCCC/C=C\C/C=C\CCCCCCCCCCCC(=O)NC(CO)C(O)CCCCCCCCCCCCCC. The van der Waals surface area contributed by atoms with Crippen molar-refractivity contribution < 1.29 is 24.5 Å². The van der Waals surface area contributed by atoms with Gasteiger partial charge in [0.15, 0.2) is 0 Å². The van der Waals surface area contributed by atoms with Crippen LogP contribution in [0.15, 0.2) is 24.3 Å². The Morgan fingerprint density at radius 2 is 0.704 bits per heavy atom. The van der Waals surface area contributed by atoms with E-state index in [1.807, 2.05) is 0 Å². The lowest BCUT2D eigenvalue weighted by atomic mass is 10.0. The molecule has 0 rings (SSSR count). The summed E-state index contributed by atoms with van der Waals surface area (Å²) in [5, 5.41) is 23.2. The highest BCUT2D eigenvalue weighted by molar-refractivity contribution is 5.76. The first-order chi connectivity index (χ1) is 35.0. The molecule has 2 atom stereocenters. The zero-order valence-corrected chi connectivity index (χ0v) is 48.0. The summed E-state index contributed by atoms with van der Waals surface area (Å²) < 4.78 is 5.50. The molecule has 2 unspecified atom stereocenters. The molecular weight excluding hydrogens is 875 g/mol. The van der Waals surface area contributed by atoms with Gasteiger partial charge in [-0.1, -0.05) is 308 Å². The van der Waals surface area contributed by atoms with Crippen molar-refractivity contribution in [2.45, 2.75) is 366 Å². The van der Waals surface area contributed by atoms with Gasteiger partial charge < -0.3 is 20.3 Å². The van der Waals surface area contributed by atoms with E-state index in [9.17, 15) is 19.8 Å². The lowest BCUT2D eigenvalue weighted by molar-refractivity contribution is -0.143. The van der Waals surface area contributed by atoms with E-state index in [4.69, 9.17) is 4.74 Å². The molecule has 0 spiro atoms. The molecule has 0 radical (unpaired) electrons. The monoisotopic (exact) mass is 1000 g/mol. The first-order valence-electron chi connectivity index (χ1n) is 32.1. The first kappa shape index (κ1) is 69.3. The highest BCUT2D eigenvalue weighted by atomic mass is 16.5. The van der Waals surface area contributed by atoms with E-state index in [0.717, 1.165) is 44.9 Å². The number of nitrogens with one attached hydrogen (secondary N) is 1. The second-order valence-electron chi connectivity index (χ2n) is 22.1. The smallest absolute Gasteiger partial charge is 0.305 e. The standard InChI is InChI=1S/C65H125NO5/c1-3-5-7-9-11-13-15-17-18-28-32-35-39-43-47-51-55-59-65(70)71-60-56-52-48-44-40-36-33-30-27-25-23-21-19-20-22-24-26-29-31-34-38-42-46-50-54-58-64(69)66-62(61-67)63(68)57-53-49-45-41-37-16-14-12-10-8-6-4-2/h20-23,62-63,67-68H,3-19,24-61H2,1-2H3,(H,66,69)/b22-20-,23-21-. The van der Waals surface area contributed by atoms with Crippen LogP contribution in [0.5, 0.6) is 0 Å². The van der Waals surface area contributed by atoms with Crippen LogP contribution in [-0.2, 0) is 14.3 Å². The summed E-state index contributed by atoms with van der Waals surface area (Å²) in [5.74, 6) is -0.0271. The number of allylic oxidation sites excluding steroid dienone is 4. The Morgan fingerprint density at radius 1 is 0.394 bits per heavy atom. The predicted molar refractivity (Wildman–Crippen MR) is 310 cm³/mol. The minimum atomic E-state index is -0.667. The molecule has 0 aliphatic rings. The minimum absolute atomic E-state index is 0.0133. The van der Waals surface area contributed by atoms with Crippen molar-refractivity contribution in [3.63, 3.8) is 0 Å². The summed E-state index contributed by atoms with van der Waals surface area (Å²) in [7, 11) is 0. The first-order valence-corrected chi connectivity index (χ1v) is 32.1. The van der Waals surface area contributed by atoms with Crippen LogP contribution in [-0.4, -0.2) is 47.4 Å². The highest BCUT2D eigenvalue weighted by Gasteiger charge is 2.20. The van der Waals surface area contributed by atoms with Gasteiger partial charge in [0.2, 0.25) is 5.91 Å². The number of unbranched alkanes of at least 4 members (excludes halogenated alkanes) is 45. The van der Waals surface area contributed by atoms with E-state index in [-0.39, 0.29) is 18.5 Å². The summed E-state index contributed by atoms with van der Waals surface area (Å²) >= 11 is 0. The van der Waals surface area contributed by atoms with Gasteiger partial charge in [-0.2, -0.15) is 0 Å². The molecule has 3 N–H and O–H groups in total. The topological polar surface area (TPSA) is 95.9 Å². The molecule has 0 aliphatic heterocycles. The number of carbonyl (C=O) groups is 2. The molecular formula is C65H125NO5. The van der Waals surface area contributed by atoms with Crippen LogP contribution in [0.25, 0.3) is 0 Å². The molecule has 0 saturated carbocycles. The minimum Gasteiger partial charge on any atom is -0.466 e. The largest absolute Gasteiger partial charge is 0.466 e. The second-order valence-corrected chi connectivity index (χ2v) is 22.1. The van der Waals surface area contributed by atoms with E-state index in [1.54, 1.807) is 0 Å². The van der Waals surface area contributed by atoms with Crippen LogP contribution in [0, 0.1) is 0 Å². The van der Waals surface area contributed by atoms with Gasteiger partial charge in [-0.25, -0.2) is 0 Å². The van der Waals surface area contributed by atoms with E-state index in [1.165, 1.54) is 276 Å². The van der Waals surface area contributed by atoms with Gasteiger partial charge in [-0.3, -0.25) is 9.59 Å². The predicted octanol–water partition coefficient (Wildman–Crippen LogP) is 20.2. The summed E-state index contributed by atoms with van der Waals surface area (Å²) in [6.07, 6.45) is 74.9. The number of esters is 1. The van der Waals surface area contributed by atoms with E-state index in [2.05, 4.69) is 43.5 Å². The molecule has 0 aliphatic carbocycles. The molecule has 420 valence electrons. The van der Waals surface area contributed by atoms with Crippen molar-refractivity contribution in [3.8, 4) is 0 Å². The van der Waals surface area contributed by atoms with Crippen molar-refractivity contribution in [1.82, 2.24) is 5.32 Å². The van der Waals surface area contributed by atoms with Crippen LogP contribution in [0.2, 0.25) is 0 Å². The molecule has 0 aromatic rings. The number of carbonyl (C=O) groups excluding carboxylic acids is 2. The van der Waals surface area contributed by atoms with Crippen LogP contribution >= 0.6 is 0 Å². The third kappa shape index (κ3) is 57.5. The lowest BCUT2D eigenvalue weighted by Crippen LogP contribution is -2.45. The van der Waals surface area contributed by atoms with Gasteiger partial charge in [-0.15, -0.1) is 0 Å². The number of hydrogen-bond acceptors (Lipinski definition) is 5. The molecule has 71 heavy (non-hydrogen) atoms. The fraction of sp³-hybridized carbons (Fsp3) is 0.908. The number of rotatable bonds is 60. The molecule has 0 fully saturated rings. The Morgan fingerprint density at radius 3 is 1.07 bits per heavy atom. The van der Waals surface area contributed by atoms with Gasteiger partial charge in [0.05, 0.1) is 25.4 Å². The van der Waals surface area contributed by atoms with Crippen molar-refractivity contribution >= 4 is 11.9 Å². The third-order valence-corrected chi connectivity index (χ3v) is 15.0. The summed E-state index contributed by atoms with van der Waals surface area (Å²) in [4.78, 5) is 24.5. The molecule has 0 heterocycles. The van der Waals surface area contributed by atoms with Crippen molar-refractivity contribution in [3.05, 3.63) is 24.3 Å². The van der Waals surface area contributed by atoms with Gasteiger partial charge >= 0.3 is 5.97 Å². The van der Waals surface area contributed by atoms with Crippen molar-refractivity contribution in [1.29, 1.82) is 0 Å². The number of amides is 1. The maximum absolute atomic E-state index is 12.5. The number of aliphatic hydroxyl groups excluding tert-OH is 2. The van der Waals surface area contributed by atoms with Crippen LogP contribution in [0.1, 0.15) is 354 Å². The fourth-order valence-corrected chi connectivity index (χ4v) is 10.1. The van der Waals surface area contributed by atoms with Crippen LogP contribution in [0.3, 0.4) is 0 Å². The number of ether oxygens (including phenoxy) is 1. The zero-order chi connectivity index (χ0) is 51.4. The average molecular weight is 1000 g/mol. The van der Waals surface area contributed by atoms with Crippen LogP contribution < -0.4 is 5.32 Å². The van der Waals surface area contributed by atoms with Crippen LogP contribution in [0.4, 0.5) is 0 Å². The molecule has 6 heteroatoms. The molecule has 1 amide bonds. The summed E-state index contributed by atoms with van der Waals surface area (Å²) in [5.41, 5.74) is 0. The molecule has 0 saturated heterocycles. The maximum Gasteiger partial charge on any atom is 0.305 e. The fourth-order valence-electron chi connectivity index (χ4n) is 10.1. The van der Waals surface area contributed by atoms with E-state index in [0.29, 0.717) is 25.9 Å². The Kier molecular flexibility index (Phi) is 59.5. The Labute approximate surface area is 443 Å². The molecule has 0 aromatic heterocycles. The quantitative estimate of drug-likeness (QED) is 0.0320. The van der Waals surface area contributed by atoms with E-state index < -0.39 is 12.1 Å². The summed E-state index contributed by atoms with van der Waals surface area (Å²) in [6.45, 7) is 4.97. The van der Waals surface area contributed by atoms with Gasteiger partial charge in [-0.05, 0) is 57.8 Å². The van der Waals surface area contributed by atoms with Gasteiger partial charge in [0.25, 0.3) is 0 Å². The van der Waals surface area contributed by atoms with Gasteiger partial charge in [0.1, 0.15) is 0 Å². The Balaban J connectivity index is 3.40. The lowest BCUT2D eigenvalue weighted by Gasteiger charge is -2.22. The second kappa shape index (κ2) is 60.9. The Hall–Kier alpha value is -1.66. The average Bonchev–Trinajstić information content (AvgIpc) is 3.37. The molecule has 6 nitrogen and oxygen atoms in total. The zero-order valence-electron chi connectivity index (χ0n) is 48.0. The number of hydrogen-bond donors (Lipinski definition) is 3. The highest BCUT2D eigenvalue weighted by Crippen LogP contribution is 2.18.